The largest absolute Gasteiger partial charge is 0.499 e. The number of sulfone groups is 1. The molecule has 0 fully saturated rings. The Balaban J connectivity index is 3.20. The van der Waals surface area contributed by atoms with Crippen LogP contribution in [0.5, 0.6) is 0 Å². The summed E-state index contributed by atoms with van der Waals surface area (Å²) >= 11 is 5.46. The maximum Gasteiger partial charge on any atom is 0.499 e. The van der Waals surface area contributed by atoms with E-state index in [-0.39, 0.29) is 5.03 Å². The molecule has 1 aliphatic rings. The minimum Gasteiger partial charge on any atom is -0.309 e. The predicted molar refractivity (Wildman–Crippen MR) is 49.6 cm³/mol. The minimum absolute atomic E-state index is 0.0344. The molecule has 0 saturated heterocycles. The number of allylic oxidation sites excluding steroid dienone is 2. The second kappa shape index (κ2) is 3.50. The molecular formula is C7H7ClF3NO2S. The van der Waals surface area contributed by atoms with Crippen LogP contribution in [0.3, 0.4) is 0 Å². The van der Waals surface area contributed by atoms with Crippen molar-refractivity contribution in [3.8, 4) is 0 Å². The lowest BCUT2D eigenvalue weighted by atomic mass is 10.1. The first-order valence-corrected chi connectivity index (χ1v) is 5.60. The Morgan fingerprint density at radius 2 is 2.00 bits per heavy atom. The number of alkyl halides is 3. The molecular weight excluding hydrogens is 255 g/mol. The SMILES string of the molecule is NC1(S(=O)(=O)C(F)(F)F)C=CC=C(Cl)C1. The summed E-state index contributed by atoms with van der Waals surface area (Å²) in [5.74, 6) is 0. The fourth-order valence-corrected chi connectivity index (χ4v) is 2.50. The zero-order chi connectivity index (χ0) is 11.9. The van der Waals surface area contributed by atoms with Crippen molar-refractivity contribution in [2.24, 2.45) is 5.73 Å². The maximum absolute atomic E-state index is 12.2. The Kier molecular flexibility index (Phi) is 2.92. The van der Waals surface area contributed by atoms with Crippen molar-refractivity contribution in [2.45, 2.75) is 16.8 Å². The second-order valence-corrected chi connectivity index (χ2v) is 5.77. The first-order chi connectivity index (χ1) is 6.60. The van der Waals surface area contributed by atoms with Crippen molar-refractivity contribution < 1.29 is 21.6 Å². The second-order valence-electron chi connectivity index (χ2n) is 3.05. The van der Waals surface area contributed by atoms with Gasteiger partial charge >= 0.3 is 5.51 Å². The number of hydrogen-bond acceptors (Lipinski definition) is 3. The lowest BCUT2D eigenvalue weighted by Crippen LogP contribution is -2.52. The topological polar surface area (TPSA) is 60.2 Å². The van der Waals surface area contributed by atoms with Crippen molar-refractivity contribution in [3.63, 3.8) is 0 Å². The van der Waals surface area contributed by atoms with E-state index in [1.54, 1.807) is 0 Å². The van der Waals surface area contributed by atoms with E-state index in [1.807, 2.05) is 0 Å². The zero-order valence-corrected chi connectivity index (χ0v) is 8.83. The monoisotopic (exact) mass is 261 g/mol. The van der Waals surface area contributed by atoms with E-state index in [2.05, 4.69) is 0 Å². The first-order valence-electron chi connectivity index (χ1n) is 3.74. The third kappa shape index (κ3) is 2.04. The summed E-state index contributed by atoms with van der Waals surface area (Å²) in [6.07, 6.45) is 2.59. The average Bonchev–Trinajstić information content (AvgIpc) is 2.01. The van der Waals surface area contributed by atoms with Gasteiger partial charge in [-0.05, 0) is 12.2 Å². The standard InChI is InChI=1S/C7H7ClF3NO2S/c8-5-2-1-3-6(12,4-5)15(13,14)7(9,10)11/h1-3H,4,12H2. The van der Waals surface area contributed by atoms with E-state index >= 15 is 0 Å². The van der Waals surface area contributed by atoms with E-state index in [0.717, 1.165) is 12.2 Å². The van der Waals surface area contributed by atoms with Gasteiger partial charge in [-0.3, -0.25) is 0 Å². The molecule has 1 rings (SSSR count). The van der Waals surface area contributed by atoms with Gasteiger partial charge in [0.2, 0.25) is 0 Å². The molecule has 8 heteroatoms. The number of halogens is 4. The molecule has 15 heavy (non-hydrogen) atoms. The summed E-state index contributed by atoms with van der Waals surface area (Å²) in [5, 5.41) is -0.0344. The fourth-order valence-electron chi connectivity index (χ4n) is 1.10. The van der Waals surface area contributed by atoms with E-state index < -0.39 is 26.6 Å². The van der Waals surface area contributed by atoms with Crippen LogP contribution in [-0.2, 0) is 9.84 Å². The Morgan fingerprint density at radius 1 is 1.47 bits per heavy atom. The van der Waals surface area contributed by atoms with Gasteiger partial charge in [0.25, 0.3) is 9.84 Å². The third-order valence-corrected chi connectivity index (χ3v) is 4.06. The first kappa shape index (κ1) is 12.5. The Bertz CT molecular complexity index is 426. The van der Waals surface area contributed by atoms with Crippen molar-refractivity contribution in [3.05, 3.63) is 23.3 Å². The van der Waals surface area contributed by atoms with Crippen molar-refractivity contribution in [2.75, 3.05) is 0 Å². The van der Waals surface area contributed by atoms with Crippen LogP contribution in [0.15, 0.2) is 23.3 Å². The zero-order valence-electron chi connectivity index (χ0n) is 7.25. The quantitative estimate of drug-likeness (QED) is 0.781. The van der Waals surface area contributed by atoms with Crippen molar-refractivity contribution in [1.82, 2.24) is 0 Å². The van der Waals surface area contributed by atoms with Crippen LogP contribution < -0.4 is 5.73 Å². The van der Waals surface area contributed by atoms with Gasteiger partial charge in [0.05, 0.1) is 0 Å². The minimum atomic E-state index is -5.47. The normalized spacial score (nSPS) is 27.7. The molecule has 0 saturated carbocycles. The van der Waals surface area contributed by atoms with E-state index in [1.165, 1.54) is 6.08 Å². The summed E-state index contributed by atoms with van der Waals surface area (Å²) in [4.78, 5) is -2.50. The maximum atomic E-state index is 12.2. The highest BCUT2D eigenvalue weighted by Gasteiger charge is 2.57. The van der Waals surface area contributed by atoms with Crippen LogP contribution >= 0.6 is 11.6 Å². The van der Waals surface area contributed by atoms with Crippen LogP contribution in [0, 0.1) is 0 Å². The number of nitrogens with two attached hydrogens (primary N) is 1. The number of hydrogen-bond donors (Lipinski definition) is 1. The molecule has 0 spiro atoms. The molecule has 0 radical (unpaired) electrons. The molecule has 0 amide bonds. The summed E-state index contributed by atoms with van der Waals surface area (Å²) < 4.78 is 58.9. The molecule has 0 aromatic heterocycles. The van der Waals surface area contributed by atoms with Gasteiger partial charge in [-0.25, -0.2) is 8.42 Å². The van der Waals surface area contributed by atoms with Crippen molar-refractivity contribution >= 4 is 21.4 Å². The van der Waals surface area contributed by atoms with Crippen LogP contribution in [0.4, 0.5) is 13.2 Å². The summed E-state index contributed by atoms with van der Waals surface area (Å²) in [5.41, 5.74) is -0.195. The van der Waals surface area contributed by atoms with Crippen LogP contribution in [0.25, 0.3) is 0 Å². The highest BCUT2D eigenvalue weighted by Crippen LogP contribution is 2.37. The molecule has 0 bridgehead atoms. The predicted octanol–water partition coefficient (Wildman–Crippen LogP) is 1.66. The fraction of sp³-hybridized carbons (Fsp3) is 0.429. The molecule has 2 N–H and O–H groups in total. The van der Waals surface area contributed by atoms with Gasteiger partial charge in [0, 0.05) is 11.5 Å². The van der Waals surface area contributed by atoms with Gasteiger partial charge in [-0.1, -0.05) is 17.7 Å². The molecule has 86 valence electrons. The van der Waals surface area contributed by atoms with E-state index in [0.29, 0.717) is 0 Å². The molecule has 1 atom stereocenters. The molecule has 0 aromatic carbocycles. The van der Waals surface area contributed by atoms with E-state index in [4.69, 9.17) is 17.3 Å². The molecule has 1 aliphatic carbocycles. The Morgan fingerprint density at radius 3 is 2.40 bits per heavy atom. The van der Waals surface area contributed by atoms with Gasteiger partial charge in [0.1, 0.15) is 0 Å². The van der Waals surface area contributed by atoms with Crippen LogP contribution in [0.1, 0.15) is 6.42 Å². The summed E-state index contributed by atoms with van der Waals surface area (Å²) in [6.45, 7) is 0. The van der Waals surface area contributed by atoms with E-state index in [9.17, 15) is 21.6 Å². The highest BCUT2D eigenvalue weighted by atomic mass is 35.5. The molecule has 0 aromatic rings. The summed E-state index contributed by atoms with van der Waals surface area (Å²) in [7, 11) is -5.47. The van der Waals surface area contributed by atoms with Crippen molar-refractivity contribution in [1.29, 1.82) is 0 Å². The molecule has 1 unspecified atom stereocenters. The Labute approximate surface area is 89.3 Å². The third-order valence-electron chi connectivity index (χ3n) is 1.91. The average molecular weight is 262 g/mol. The molecule has 3 nitrogen and oxygen atoms in total. The van der Waals surface area contributed by atoms with Gasteiger partial charge in [-0.15, -0.1) is 0 Å². The van der Waals surface area contributed by atoms with Gasteiger partial charge in [0.15, 0.2) is 4.87 Å². The molecule has 0 aliphatic heterocycles. The Hall–Kier alpha value is -0.530. The lowest BCUT2D eigenvalue weighted by molar-refractivity contribution is -0.0453. The highest BCUT2D eigenvalue weighted by molar-refractivity contribution is 7.93. The summed E-state index contributed by atoms with van der Waals surface area (Å²) in [6, 6.07) is 0. The van der Waals surface area contributed by atoms with Crippen LogP contribution in [0.2, 0.25) is 0 Å². The number of rotatable bonds is 1. The molecule has 0 heterocycles. The lowest BCUT2D eigenvalue weighted by Gasteiger charge is -2.28. The van der Waals surface area contributed by atoms with Gasteiger partial charge < -0.3 is 5.73 Å². The smallest absolute Gasteiger partial charge is 0.309 e. The van der Waals surface area contributed by atoms with Gasteiger partial charge in [-0.2, -0.15) is 13.2 Å². The van der Waals surface area contributed by atoms with Crippen LogP contribution in [-0.4, -0.2) is 18.8 Å².